The van der Waals surface area contributed by atoms with E-state index < -0.39 is 0 Å². The van der Waals surface area contributed by atoms with Crippen LogP contribution in [-0.2, 0) is 0 Å². The molecule has 126 valence electrons. The van der Waals surface area contributed by atoms with Crippen LogP contribution in [0.15, 0.2) is 36.8 Å². The molecule has 2 aromatic rings. The van der Waals surface area contributed by atoms with Crippen LogP contribution in [0.5, 0.6) is 0 Å². The fourth-order valence-corrected chi connectivity index (χ4v) is 5.40. The van der Waals surface area contributed by atoms with E-state index in [1.165, 1.54) is 32.1 Å². The van der Waals surface area contributed by atoms with Crippen molar-refractivity contribution in [1.29, 1.82) is 0 Å². The summed E-state index contributed by atoms with van der Waals surface area (Å²) in [4.78, 5) is 19.6. The van der Waals surface area contributed by atoms with Crippen LogP contribution in [0.3, 0.4) is 0 Å². The Hall–Kier alpha value is -1.82. The average molecular weight is 342 g/mol. The summed E-state index contributed by atoms with van der Waals surface area (Å²) < 4.78 is 1.95. The topological polar surface area (TPSA) is 51.0 Å². The molecular formula is C18H22N4OS. The van der Waals surface area contributed by atoms with Gasteiger partial charge in [-0.3, -0.25) is 4.79 Å². The summed E-state index contributed by atoms with van der Waals surface area (Å²) in [5.41, 5.74) is 0.638. The molecule has 1 aliphatic heterocycles. The van der Waals surface area contributed by atoms with Crippen molar-refractivity contribution < 1.29 is 4.79 Å². The monoisotopic (exact) mass is 342 g/mol. The van der Waals surface area contributed by atoms with Crippen molar-refractivity contribution in [2.24, 2.45) is 0 Å². The second-order valence-electron chi connectivity index (χ2n) is 6.64. The van der Waals surface area contributed by atoms with E-state index in [0.717, 1.165) is 18.8 Å². The molecule has 2 aromatic heterocycles. The molecule has 0 N–H and O–H groups in total. The average Bonchev–Trinajstić information content (AvgIpc) is 3.16. The Morgan fingerprint density at radius 2 is 2.04 bits per heavy atom. The lowest BCUT2D eigenvalue weighted by atomic mass is 9.87. The molecule has 6 heteroatoms. The highest BCUT2D eigenvalue weighted by molar-refractivity contribution is 8.00. The predicted octanol–water partition coefficient (Wildman–Crippen LogP) is 3.16. The lowest BCUT2D eigenvalue weighted by Crippen LogP contribution is -2.50. The van der Waals surface area contributed by atoms with Crippen LogP contribution in [0.2, 0.25) is 0 Å². The van der Waals surface area contributed by atoms with Gasteiger partial charge in [0.2, 0.25) is 0 Å². The molecule has 1 aliphatic carbocycles. The summed E-state index contributed by atoms with van der Waals surface area (Å²) in [6.07, 6.45) is 11.6. The summed E-state index contributed by atoms with van der Waals surface area (Å²) in [6.45, 7) is 1.68. The normalized spacial score (nSPS) is 20.2. The first kappa shape index (κ1) is 15.7. The number of pyridine rings is 1. The fraction of sp³-hybridized carbons (Fsp3) is 0.500. The maximum Gasteiger partial charge on any atom is 0.257 e. The summed E-state index contributed by atoms with van der Waals surface area (Å²) in [7, 11) is 0. The molecule has 0 unspecified atom stereocenters. The molecular weight excluding hydrogens is 320 g/mol. The minimum Gasteiger partial charge on any atom is -0.336 e. The van der Waals surface area contributed by atoms with E-state index >= 15 is 0 Å². The molecule has 24 heavy (non-hydrogen) atoms. The first-order valence-electron chi connectivity index (χ1n) is 8.66. The van der Waals surface area contributed by atoms with Gasteiger partial charge in [0.1, 0.15) is 0 Å². The Morgan fingerprint density at radius 1 is 1.17 bits per heavy atom. The predicted molar refractivity (Wildman–Crippen MR) is 95.5 cm³/mol. The van der Waals surface area contributed by atoms with Gasteiger partial charge in [-0.2, -0.15) is 16.9 Å². The van der Waals surface area contributed by atoms with Gasteiger partial charge in [0.25, 0.3) is 5.91 Å². The van der Waals surface area contributed by atoms with Crippen molar-refractivity contribution in [3.05, 3.63) is 42.4 Å². The summed E-state index contributed by atoms with van der Waals surface area (Å²) >= 11 is 2.08. The van der Waals surface area contributed by atoms with Gasteiger partial charge < -0.3 is 4.90 Å². The number of nitrogens with zero attached hydrogens (tertiary/aromatic N) is 4. The molecule has 2 fully saturated rings. The molecule has 1 saturated carbocycles. The number of thioether (sulfide) groups is 1. The van der Waals surface area contributed by atoms with Crippen LogP contribution in [-0.4, -0.2) is 49.2 Å². The molecule has 1 spiro atoms. The molecule has 3 heterocycles. The van der Waals surface area contributed by atoms with E-state index in [9.17, 15) is 4.79 Å². The lowest BCUT2D eigenvalue weighted by molar-refractivity contribution is 0.0729. The largest absolute Gasteiger partial charge is 0.336 e. The Morgan fingerprint density at radius 3 is 2.83 bits per heavy atom. The Labute approximate surface area is 146 Å². The number of carbonyl (C=O) groups excluding carboxylic acids is 1. The number of amides is 1. The summed E-state index contributed by atoms with van der Waals surface area (Å²) in [5.74, 6) is 1.73. The van der Waals surface area contributed by atoms with Gasteiger partial charge in [0, 0.05) is 42.2 Å². The number of hydrogen-bond acceptors (Lipinski definition) is 4. The van der Waals surface area contributed by atoms with Crippen molar-refractivity contribution in [3.63, 3.8) is 0 Å². The van der Waals surface area contributed by atoms with Gasteiger partial charge in [-0.1, -0.05) is 19.3 Å². The second-order valence-corrected chi connectivity index (χ2v) is 8.21. The summed E-state index contributed by atoms with van der Waals surface area (Å²) in [5, 5.41) is 4.24. The van der Waals surface area contributed by atoms with Gasteiger partial charge in [0.05, 0.1) is 5.56 Å². The van der Waals surface area contributed by atoms with Crippen molar-refractivity contribution >= 4 is 17.7 Å². The number of aromatic nitrogens is 3. The van der Waals surface area contributed by atoms with Gasteiger partial charge >= 0.3 is 0 Å². The molecule has 0 aromatic carbocycles. The number of rotatable bonds is 2. The second kappa shape index (κ2) is 6.59. The molecule has 0 atom stereocenters. The minimum absolute atomic E-state index is 0.0823. The smallest absolute Gasteiger partial charge is 0.257 e. The highest BCUT2D eigenvalue weighted by atomic mass is 32.2. The zero-order valence-electron chi connectivity index (χ0n) is 13.7. The van der Waals surface area contributed by atoms with E-state index in [1.54, 1.807) is 17.1 Å². The van der Waals surface area contributed by atoms with Crippen LogP contribution in [0, 0.1) is 0 Å². The quantitative estimate of drug-likeness (QED) is 0.841. The minimum atomic E-state index is 0.0823. The highest BCUT2D eigenvalue weighted by Crippen LogP contribution is 2.43. The summed E-state index contributed by atoms with van der Waals surface area (Å²) in [6, 6.07) is 5.54. The van der Waals surface area contributed by atoms with E-state index in [1.807, 2.05) is 29.3 Å². The van der Waals surface area contributed by atoms with Gasteiger partial charge in [-0.25, -0.2) is 9.67 Å². The van der Waals surface area contributed by atoms with Crippen LogP contribution < -0.4 is 0 Å². The van der Waals surface area contributed by atoms with Crippen molar-refractivity contribution in [2.75, 3.05) is 18.8 Å². The fourth-order valence-electron chi connectivity index (χ4n) is 3.83. The van der Waals surface area contributed by atoms with E-state index in [2.05, 4.69) is 21.8 Å². The van der Waals surface area contributed by atoms with Gasteiger partial charge in [-0.05, 0) is 31.0 Å². The Bertz CT molecular complexity index is 704. The molecule has 0 bridgehead atoms. The molecule has 0 radical (unpaired) electrons. The highest BCUT2D eigenvalue weighted by Gasteiger charge is 2.39. The van der Waals surface area contributed by atoms with Crippen molar-refractivity contribution in [3.8, 4) is 5.82 Å². The van der Waals surface area contributed by atoms with Crippen LogP contribution in [0.25, 0.3) is 5.82 Å². The zero-order chi connectivity index (χ0) is 16.4. The zero-order valence-corrected chi connectivity index (χ0v) is 14.5. The molecule has 2 aliphatic rings. The molecule has 4 rings (SSSR count). The third kappa shape index (κ3) is 2.95. The SMILES string of the molecule is O=C(c1cccnc1-n1cccn1)N1CCSC2(CCCCC2)C1. The number of hydrogen-bond donors (Lipinski definition) is 0. The number of carbonyl (C=O) groups is 1. The van der Waals surface area contributed by atoms with E-state index in [0.29, 0.717) is 11.4 Å². The third-order valence-corrected chi connectivity index (χ3v) is 6.58. The van der Waals surface area contributed by atoms with E-state index in [-0.39, 0.29) is 10.7 Å². The maximum absolute atomic E-state index is 13.2. The standard InChI is InChI=1S/C18H22N4OS/c23-17(15-6-4-9-19-16(15)22-11-5-10-20-22)21-12-13-24-18(14-21)7-2-1-3-8-18/h4-6,9-11H,1-3,7-8,12-14H2. The first-order valence-corrected chi connectivity index (χ1v) is 9.64. The molecule has 1 amide bonds. The first-order chi connectivity index (χ1) is 11.8. The Kier molecular flexibility index (Phi) is 4.31. The van der Waals surface area contributed by atoms with Gasteiger partial charge in [0.15, 0.2) is 5.82 Å². The third-order valence-electron chi connectivity index (χ3n) is 5.04. The van der Waals surface area contributed by atoms with Crippen LogP contribution >= 0.6 is 11.8 Å². The Balaban J connectivity index is 1.60. The van der Waals surface area contributed by atoms with Gasteiger partial charge in [-0.15, -0.1) is 0 Å². The lowest BCUT2D eigenvalue weighted by Gasteiger charge is -2.44. The molecule has 1 saturated heterocycles. The van der Waals surface area contributed by atoms with Crippen LogP contribution in [0.1, 0.15) is 42.5 Å². The van der Waals surface area contributed by atoms with E-state index in [4.69, 9.17) is 0 Å². The maximum atomic E-state index is 13.2. The molecule has 5 nitrogen and oxygen atoms in total. The van der Waals surface area contributed by atoms with Crippen molar-refractivity contribution in [2.45, 2.75) is 36.9 Å². The van der Waals surface area contributed by atoms with Crippen LogP contribution in [0.4, 0.5) is 0 Å². The van der Waals surface area contributed by atoms with Crippen molar-refractivity contribution in [1.82, 2.24) is 19.7 Å².